The van der Waals surface area contributed by atoms with Crippen molar-refractivity contribution in [1.29, 1.82) is 0 Å². The van der Waals surface area contributed by atoms with Crippen LogP contribution in [-0.4, -0.2) is 74.0 Å². The molecule has 1 aliphatic carbocycles. The summed E-state index contributed by atoms with van der Waals surface area (Å²) in [5, 5.41) is 17.2. The fourth-order valence-electron chi connectivity index (χ4n) is 2.68. The summed E-state index contributed by atoms with van der Waals surface area (Å²) in [6.07, 6.45) is 3.97. The van der Waals surface area contributed by atoms with Gasteiger partial charge in [0.15, 0.2) is 5.96 Å². The quantitative estimate of drug-likeness (QED) is 0.299. The Morgan fingerprint density at radius 3 is 2.61 bits per heavy atom. The van der Waals surface area contributed by atoms with Crippen LogP contribution in [0.2, 0.25) is 0 Å². The second kappa shape index (κ2) is 10.7. The third-order valence-corrected chi connectivity index (χ3v) is 4.13. The first kappa shape index (κ1) is 20.9. The van der Waals surface area contributed by atoms with Crippen molar-refractivity contribution in [3.05, 3.63) is 0 Å². The Bertz CT molecular complexity index is 356. The molecule has 1 saturated carbocycles. The fourth-order valence-corrected chi connectivity index (χ4v) is 2.68. The van der Waals surface area contributed by atoms with Crippen molar-refractivity contribution in [2.24, 2.45) is 10.9 Å². The van der Waals surface area contributed by atoms with Crippen LogP contribution in [0.3, 0.4) is 0 Å². The van der Waals surface area contributed by atoms with E-state index in [0.717, 1.165) is 51.3 Å². The van der Waals surface area contributed by atoms with Gasteiger partial charge in [0.25, 0.3) is 0 Å². The van der Waals surface area contributed by atoms with Gasteiger partial charge in [0.05, 0.1) is 25.4 Å². The molecular formula is C16H33IN4O2. The molecule has 3 N–H and O–H groups in total. The van der Waals surface area contributed by atoms with Gasteiger partial charge in [0.2, 0.25) is 0 Å². The SMILES string of the molecule is CCNC(=NCC(C)(O)CN1CCOCC1)NCCC1CC1.I. The average Bonchev–Trinajstić information content (AvgIpc) is 3.30. The third kappa shape index (κ3) is 9.07. The average molecular weight is 440 g/mol. The lowest BCUT2D eigenvalue weighted by Gasteiger charge is -2.33. The molecule has 2 rings (SSSR count). The van der Waals surface area contributed by atoms with Crippen LogP contribution in [0.1, 0.15) is 33.1 Å². The van der Waals surface area contributed by atoms with Gasteiger partial charge in [0, 0.05) is 32.7 Å². The topological polar surface area (TPSA) is 69.1 Å². The van der Waals surface area contributed by atoms with Gasteiger partial charge in [-0.1, -0.05) is 12.8 Å². The van der Waals surface area contributed by atoms with E-state index in [-0.39, 0.29) is 24.0 Å². The van der Waals surface area contributed by atoms with Crippen molar-refractivity contribution in [3.63, 3.8) is 0 Å². The van der Waals surface area contributed by atoms with Crippen LogP contribution in [-0.2, 0) is 4.74 Å². The predicted molar refractivity (Wildman–Crippen MR) is 105 cm³/mol. The van der Waals surface area contributed by atoms with Crippen LogP contribution in [0.4, 0.5) is 0 Å². The van der Waals surface area contributed by atoms with E-state index in [0.29, 0.717) is 13.1 Å². The molecule has 7 heteroatoms. The first-order chi connectivity index (χ1) is 10.6. The molecule has 1 saturated heterocycles. The highest BCUT2D eigenvalue weighted by atomic mass is 127. The lowest BCUT2D eigenvalue weighted by atomic mass is 10.1. The molecule has 1 heterocycles. The summed E-state index contributed by atoms with van der Waals surface area (Å²) in [5.41, 5.74) is -0.809. The number of morpholine rings is 1. The normalized spacial score (nSPS) is 22.1. The van der Waals surface area contributed by atoms with Gasteiger partial charge in [-0.2, -0.15) is 0 Å². The van der Waals surface area contributed by atoms with Gasteiger partial charge >= 0.3 is 0 Å². The molecule has 0 aromatic rings. The van der Waals surface area contributed by atoms with E-state index in [4.69, 9.17) is 4.74 Å². The van der Waals surface area contributed by atoms with E-state index in [1.54, 1.807) is 0 Å². The van der Waals surface area contributed by atoms with E-state index < -0.39 is 5.60 Å². The molecule has 0 spiro atoms. The summed E-state index contributed by atoms with van der Waals surface area (Å²) >= 11 is 0. The predicted octanol–water partition coefficient (Wildman–Crippen LogP) is 1.04. The highest BCUT2D eigenvalue weighted by Gasteiger charge is 2.25. The smallest absolute Gasteiger partial charge is 0.191 e. The van der Waals surface area contributed by atoms with Gasteiger partial charge < -0.3 is 20.5 Å². The molecule has 0 radical (unpaired) electrons. The Morgan fingerprint density at radius 2 is 2.00 bits per heavy atom. The van der Waals surface area contributed by atoms with Crippen LogP contribution in [0.15, 0.2) is 4.99 Å². The maximum absolute atomic E-state index is 10.6. The molecule has 1 atom stereocenters. The summed E-state index contributed by atoms with van der Waals surface area (Å²) in [4.78, 5) is 6.80. The molecule has 0 aromatic carbocycles. The molecule has 136 valence electrons. The molecule has 6 nitrogen and oxygen atoms in total. The number of ether oxygens (including phenoxy) is 1. The van der Waals surface area contributed by atoms with Crippen molar-refractivity contribution < 1.29 is 9.84 Å². The molecule has 23 heavy (non-hydrogen) atoms. The number of hydrogen-bond acceptors (Lipinski definition) is 4. The highest BCUT2D eigenvalue weighted by Crippen LogP contribution is 2.31. The highest BCUT2D eigenvalue weighted by molar-refractivity contribution is 14.0. The van der Waals surface area contributed by atoms with Gasteiger partial charge in [-0.25, -0.2) is 0 Å². The maximum atomic E-state index is 10.6. The summed E-state index contributed by atoms with van der Waals surface area (Å²) in [7, 11) is 0. The standard InChI is InChI=1S/C16H32N4O2.HI/c1-3-17-15(18-7-6-14-4-5-14)19-12-16(2,21)13-20-8-10-22-11-9-20;/h14,21H,3-13H2,1-2H3,(H2,17,18,19);1H. The monoisotopic (exact) mass is 440 g/mol. The second-order valence-electron chi connectivity index (χ2n) is 6.74. The van der Waals surface area contributed by atoms with E-state index >= 15 is 0 Å². The number of guanidine groups is 1. The molecular weight excluding hydrogens is 407 g/mol. The number of aliphatic hydroxyl groups is 1. The third-order valence-electron chi connectivity index (χ3n) is 4.13. The first-order valence-electron chi connectivity index (χ1n) is 8.64. The lowest BCUT2D eigenvalue weighted by molar-refractivity contribution is -0.0179. The maximum Gasteiger partial charge on any atom is 0.191 e. The van der Waals surface area contributed by atoms with Crippen LogP contribution in [0.5, 0.6) is 0 Å². The Labute approximate surface area is 157 Å². The summed E-state index contributed by atoms with van der Waals surface area (Å²) < 4.78 is 5.34. The Hall–Kier alpha value is -0.120. The molecule has 2 aliphatic rings. The number of hydrogen-bond donors (Lipinski definition) is 3. The Balaban J connectivity index is 0.00000264. The zero-order valence-corrected chi connectivity index (χ0v) is 16.8. The fraction of sp³-hybridized carbons (Fsp3) is 0.938. The van der Waals surface area contributed by atoms with E-state index in [1.807, 2.05) is 6.92 Å². The van der Waals surface area contributed by atoms with Crippen LogP contribution in [0, 0.1) is 5.92 Å². The Kier molecular flexibility index (Phi) is 9.72. The second-order valence-corrected chi connectivity index (χ2v) is 6.74. The number of β-amino-alcohol motifs (C(OH)–C–C–N with tert-alkyl or cyclic N) is 1. The zero-order valence-electron chi connectivity index (χ0n) is 14.5. The zero-order chi connectivity index (χ0) is 15.8. The minimum atomic E-state index is -0.809. The lowest BCUT2D eigenvalue weighted by Crippen LogP contribution is -2.48. The van der Waals surface area contributed by atoms with Gasteiger partial charge in [-0.05, 0) is 26.2 Å². The van der Waals surface area contributed by atoms with Crippen LogP contribution in [0.25, 0.3) is 0 Å². The van der Waals surface area contributed by atoms with E-state index in [9.17, 15) is 5.11 Å². The molecule has 0 bridgehead atoms. The largest absolute Gasteiger partial charge is 0.387 e. The van der Waals surface area contributed by atoms with Crippen molar-refractivity contribution >= 4 is 29.9 Å². The van der Waals surface area contributed by atoms with Gasteiger partial charge in [-0.15, -0.1) is 24.0 Å². The number of nitrogens with one attached hydrogen (secondary N) is 2. The summed E-state index contributed by atoms with van der Waals surface area (Å²) in [6.45, 7) is 10.0. The molecule has 0 aromatic heterocycles. The molecule has 1 aliphatic heterocycles. The summed E-state index contributed by atoms with van der Waals surface area (Å²) in [6, 6.07) is 0. The number of nitrogens with zero attached hydrogens (tertiary/aromatic N) is 2. The van der Waals surface area contributed by atoms with Crippen molar-refractivity contribution in [3.8, 4) is 0 Å². The van der Waals surface area contributed by atoms with E-state index in [2.05, 4.69) is 27.4 Å². The molecule has 0 amide bonds. The Morgan fingerprint density at radius 1 is 1.30 bits per heavy atom. The van der Waals surface area contributed by atoms with Crippen molar-refractivity contribution in [2.45, 2.75) is 38.7 Å². The van der Waals surface area contributed by atoms with Crippen LogP contribution < -0.4 is 10.6 Å². The molecule has 2 fully saturated rings. The van der Waals surface area contributed by atoms with Gasteiger partial charge in [0.1, 0.15) is 0 Å². The minimum Gasteiger partial charge on any atom is -0.387 e. The number of halogens is 1. The number of aliphatic imine (C=N–C) groups is 1. The van der Waals surface area contributed by atoms with Crippen molar-refractivity contribution in [2.75, 3.05) is 52.5 Å². The van der Waals surface area contributed by atoms with Crippen LogP contribution >= 0.6 is 24.0 Å². The van der Waals surface area contributed by atoms with Gasteiger partial charge in [-0.3, -0.25) is 9.89 Å². The van der Waals surface area contributed by atoms with Crippen molar-refractivity contribution in [1.82, 2.24) is 15.5 Å². The first-order valence-corrected chi connectivity index (χ1v) is 8.64. The molecule has 1 unspecified atom stereocenters. The summed E-state index contributed by atoms with van der Waals surface area (Å²) in [5.74, 6) is 1.73. The minimum absolute atomic E-state index is 0. The van der Waals surface area contributed by atoms with E-state index in [1.165, 1.54) is 19.3 Å². The number of rotatable bonds is 8.